The van der Waals surface area contributed by atoms with Crippen LogP contribution in [-0.2, 0) is 26.5 Å². The molecule has 2 nitrogen and oxygen atoms in total. The van der Waals surface area contributed by atoms with Crippen molar-refractivity contribution in [2.45, 2.75) is 19.8 Å². The SMILES string of the molecule is CCCC(=O)N(C)c1ccc(F)[c]c1F.[Ti]. The molecule has 0 aliphatic rings. The number of hydrogen-bond donors (Lipinski definition) is 0. The normalized spacial score (nSPS) is 9.50. The van der Waals surface area contributed by atoms with Gasteiger partial charge in [0.1, 0.15) is 5.82 Å². The van der Waals surface area contributed by atoms with Crippen LogP contribution in [0.1, 0.15) is 19.8 Å². The van der Waals surface area contributed by atoms with Crippen molar-refractivity contribution >= 4 is 11.6 Å². The second-order valence-electron chi connectivity index (χ2n) is 3.21. The maximum absolute atomic E-state index is 13.2. The van der Waals surface area contributed by atoms with Crippen LogP contribution >= 0.6 is 0 Å². The Morgan fingerprint density at radius 2 is 2.06 bits per heavy atom. The molecule has 85 valence electrons. The number of amides is 1. The van der Waals surface area contributed by atoms with Crippen molar-refractivity contribution in [1.82, 2.24) is 0 Å². The summed E-state index contributed by atoms with van der Waals surface area (Å²) in [6.07, 6.45) is 1.03. The van der Waals surface area contributed by atoms with E-state index in [0.717, 1.165) is 6.07 Å². The summed E-state index contributed by atoms with van der Waals surface area (Å²) in [5.74, 6) is -1.81. The van der Waals surface area contributed by atoms with Crippen molar-refractivity contribution in [3.8, 4) is 0 Å². The van der Waals surface area contributed by atoms with E-state index in [9.17, 15) is 13.6 Å². The van der Waals surface area contributed by atoms with Crippen molar-refractivity contribution in [3.05, 3.63) is 29.8 Å². The van der Waals surface area contributed by atoms with E-state index in [-0.39, 0.29) is 33.3 Å². The van der Waals surface area contributed by atoms with Crippen LogP contribution in [0.15, 0.2) is 12.1 Å². The molecule has 0 saturated carbocycles. The van der Waals surface area contributed by atoms with Crippen molar-refractivity contribution in [2.24, 2.45) is 0 Å². The molecule has 0 spiro atoms. The second-order valence-corrected chi connectivity index (χ2v) is 3.21. The maximum atomic E-state index is 13.2. The van der Waals surface area contributed by atoms with Crippen molar-refractivity contribution in [2.75, 3.05) is 11.9 Å². The zero-order valence-corrected chi connectivity index (χ0v) is 10.7. The Morgan fingerprint density at radius 1 is 1.44 bits per heavy atom. The molecule has 0 bridgehead atoms. The third kappa shape index (κ3) is 3.69. The molecule has 1 rings (SSSR count). The van der Waals surface area contributed by atoms with Crippen LogP contribution in [0.5, 0.6) is 0 Å². The molecule has 1 radical (unpaired) electrons. The van der Waals surface area contributed by atoms with Gasteiger partial charge in [-0.05, 0) is 18.6 Å². The number of carbonyl (C=O) groups excluding carboxylic acids is 1. The average Bonchev–Trinajstić information content (AvgIpc) is 2.17. The molecule has 0 fully saturated rings. The molecular formula is C11H12F2NOTi. The van der Waals surface area contributed by atoms with Crippen LogP contribution in [-0.4, -0.2) is 13.0 Å². The fourth-order valence-electron chi connectivity index (χ4n) is 1.21. The molecule has 1 aromatic rings. The van der Waals surface area contributed by atoms with Crippen LogP contribution < -0.4 is 4.90 Å². The first kappa shape index (κ1) is 15.3. The first-order valence-corrected chi connectivity index (χ1v) is 4.70. The third-order valence-corrected chi connectivity index (χ3v) is 2.04. The fraction of sp³-hybridized carbons (Fsp3) is 0.364. The van der Waals surface area contributed by atoms with Crippen LogP contribution in [0.4, 0.5) is 14.5 Å². The smallest absolute Gasteiger partial charge is 0.226 e. The van der Waals surface area contributed by atoms with E-state index in [4.69, 9.17) is 0 Å². The molecule has 0 N–H and O–H groups in total. The number of hydrogen-bond acceptors (Lipinski definition) is 1. The van der Waals surface area contributed by atoms with E-state index < -0.39 is 11.6 Å². The number of carbonyl (C=O) groups is 1. The van der Waals surface area contributed by atoms with Crippen LogP contribution in [0.2, 0.25) is 0 Å². The Hall–Kier alpha value is -0.736. The van der Waals surface area contributed by atoms with E-state index in [2.05, 4.69) is 0 Å². The second kappa shape index (κ2) is 6.76. The van der Waals surface area contributed by atoms with E-state index in [1.807, 2.05) is 13.0 Å². The zero-order valence-electron chi connectivity index (χ0n) is 9.18. The summed E-state index contributed by atoms with van der Waals surface area (Å²) in [6, 6.07) is 4.20. The van der Waals surface area contributed by atoms with Crippen LogP contribution in [0.25, 0.3) is 0 Å². The predicted octanol–water partition coefficient (Wildman–Crippen LogP) is 2.53. The molecule has 5 heteroatoms. The minimum atomic E-state index is -0.845. The van der Waals surface area contributed by atoms with Gasteiger partial charge in [0, 0.05) is 35.2 Å². The van der Waals surface area contributed by atoms with E-state index in [1.165, 1.54) is 18.0 Å². The Bertz CT molecular complexity index is 371. The molecule has 0 saturated heterocycles. The van der Waals surface area contributed by atoms with Gasteiger partial charge in [-0.3, -0.25) is 4.79 Å². The number of benzene rings is 1. The summed E-state index contributed by atoms with van der Waals surface area (Å²) in [5, 5.41) is 0. The van der Waals surface area contributed by atoms with Gasteiger partial charge in [-0.15, -0.1) is 0 Å². The number of rotatable bonds is 3. The van der Waals surface area contributed by atoms with Gasteiger partial charge in [-0.25, -0.2) is 8.78 Å². The Balaban J connectivity index is 0.00000225. The van der Waals surface area contributed by atoms with Gasteiger partial charge in [0.25, 0.3) is 0 Å². The summed E-state index contributed by atoms with van der Waals surface area (Å²) in [5.41, 5.74) is 0.0508. The van der Waals surface area contributed by atoms with Crippen molar-refractivity contribution in [1.29, 1.82) is 0 Å². The largest absolute Gasteiger partial charge is 0.313 e. The van der Waals surface area contributed by atoms with Gasteiger partial charge in [0.05, 0.1) is 11.8 Å². The molecule has 0 heterocycles. The maximum Gasteiger partial charge on any atom is 0.226 e. The number of nitrogens with zero attached hydrogens (tertiary/aromatic N) is 1. The monoisotopic (exact) mass is 260 g/mol. The number of anilines is 1. The van der Waals surface area contributed by atoms with Gasteiger partial charge in [0.15, 0.2) is 5.82 Å². The number of halogens is 2. The van der Waals surface area contributed by atoms with Crippen LogP contribution in [0, 0.1) is 17.7 Å². The molecular weight excluding hydrogens is 248 g/mol. The Morgan fingerprint density at radius 3 is 2.56 bits per heavy atom. The summed E-state index contributed by atoms with van der Waals surface area (Å²) >= 11 is 0. The van der Waals surface area contributed by atoms with Crippen molar-refractivity contribution in [3.63, 3.8) is 0 Å². The molecule has 0 atom stereocenters. The molecule has 0 aliphatic carbocycles. The standard InChI is InChI=1S/C11H12F2NO.Ti/c1-3-4-11(15)14(2)10-6-5-8(12)7-9(10)13;/h5-6H,3-4H2,1-2H3;. The zero-order chi connectivity index (χ0) is 11.4. The van der Waals surface area contributed by atoms with Gasteiger partial charge in [0.2, 0.25) is 5.91 Å². The molecule has 0 aliphatic heterocycles. The minimum Gasteiger partial charge on any atom is -0.313 e. The fourth-order valence-corrected chi connectivity index (χ4v) is 1.21. The van der Waals surface area contributed by atoms with Crippen molar-refractivity contribution < 1.29 is 35.3 Å². The quantitative estimate of drug-likeness (QED) is 0.765. The van der Waals surface area contributed by atoms with E-state index in [0.29, 0.717) is 12.8 Å². The van der Waals surface area contributed by atoms with Gasteiger partial charge < -0.3 is 4.90 Å². The first-order chi connectivity index (χ1) is 7.06. The Labute approximate surface area is 109 Å². The van der Waals surface area contributed by atoms with Gasteiger partial charge >= 0.3 is 0 Å². The molecule has 0 unspecified atom stereocenters. The Kier molecular flexibility index (Phi) is 6.45. The molecule has 1 aromatic carbocycles. The van der Waals surface area contributed by atoms with Crippen LogP contribution in [0.3, 0.4) is 0 Å². The minimum absolute atomic E-state index is 0. The average molecular weight is 260 g/mol. The van der Waals surface area contributed by atoms with Gasteiger partial charge in [-0.1, -0.05) is 6.92 Å². The molecule has 1 amide bonds. The van der Waals surface area contributed by atoms with Gasteiger partial charge in [-0.2, -0.15) is 0 Å². The summed E-state index contributed by atoms with van der Waals surface area (Å²) in [6.45, 7) is 1.86. The summed E-state index contributed by atoms with van der Waals surface area (Å²) in [4.78, 5) is 12.6. The third-order valence-electron chi connectivity index (χ3n) is 2.04. The topological polar surface area (TPSA) is 20.3 Å². The summed E-state index contributed by atoms with van der Waals surface area (Å²) in [7, 11) is 1.46. The molecule has 16 heavy (non-hydrogen) atoms. The molecule has 0 aromatic heterocycles. The van der Waals surface area contributed by atoms with E-state index >= 15 is 0 Å². The first-order valence-electron chi connectivity index (χ1n) is 4.70. The van der Waals surface area contributed by atoms with E-state index in [1.54, 1.807) is 0 Å². The summed E-state index contributed by atoms with van der Waals surface area (Å²) < 4.78 is 25.8. The predicted molar refractivity (Wildman–Crippen MR) is 53.5 cm³/mol.